The second-order valence-corrected chi connectivity index (χ2v) is 15.5. The van der Waals surface area contributed by atoms with Crippen molar-refractivity contribution in [3.63, 3.8) is 0 Å². The average molecular weight is 691 g/mol. The van der Waals surface area contributed by atoms with Gasteiger partial charge in [-0.05, 0) is 92.2 Å². The Hall–Kier alpha value is -4.67. The molecule has 13 nitrogen and oxygen atoms in total. The van der Waals surface area contributed by atoms with E-state index in [1.54, 1.807) is 29.8 Å². The smallest absolute Gasteiger partial charge is 0.329 e. The van der Waals surface area contributed by atoms with Crippen molar-refractivity contribution in [2.24, 2.45) is 7.05 Å². The number of nitrogens with zero attached hydrogens (tertiary/aromatic N) is 4. The lowest BCUT2D eigenvalue weighted by Crippen LogP contribution is -2.48. The standard InChI is InChI=1S/C32H33FN7O6SSi/c1-37-24-14-18(3-6-22(24)40(32(37)46)23-7-8-26(42)35-30(23)44)17-9-11-38(12-10-17)48(2)31(45)34-20-4-5-21-19(13-20)15-25(41)29(28(21)33)39-16-27(43)36-47-39/h3-6,13-15,17,23,41H,7-12,16H2,1-2H3,(H,34,45)(H,36,43)(H,35,42,44). The van der Waals surface area contributed by atoms with Crippen LogP contribution in [0.4, 0.5) is 20.6 Å². The topological polar surface area (TPSA) is 158 Å². The molecule has 4 N–H and O–H groups in total. The summed E-state index contributed by atoms with van der Waals surface area (Å²) in [5.74, 6) is -1.79. The summed E-state index contributed by atoms with van der Waals surface area (Å²) in [7, 11) is 0.0602. The van der Waals surface area contributed by atoms with Crippen molar-refractivity contribution in [3.8, 4) is 5.75 Å². The van der Waals surface area contributed by atoms with Gasteiger partial charge >= 0.3 is 5.69 Å². The van der Waals surface area contributed by atoms with E-state index < -0.39 is 26.7 Å². The SMILES string of the molecule is Cn1c(=O)n(C2CCC(=O)NC2=O)c2ccc(C3CCN([Si](C)C(=O)Nc4ccc5c(F)c(N6CC(=O)NS6)c(O)cc5c4)CC3)cc21. The number of aromatic nitrogens is 2. The molecule has 48 heavy (non-hydrogen) atoms. The molecule has 3 aromatic carbocycles. The minimum atomic E-state index is -1.62. The number of phenolic OH excluding ortho intramolecular Hbond substituents is 1. The number of hydrogen-bond acceptors (Lipinski definition) is 9. The number of anilines is 2. The second-order valence-electron chi connectivity index (χ2n) is 12.4. The highest BCUT2D eigenvalue weighted by Gasteiger charge is 2.33. The highest BCUT2D eigenvalue weighted by Crippen LogP contribution is 2.40. The van der Waals surface area contributed by atoms with Crippen molar-refractivity contribution in [2.45, 2.75) is 44.2 Å². The molecule has 0 spiro atoms. The van der Waals surface area contributed by atoms with E-state index in [0.29, 0.717) is 16.6 Å². The quantitative estimate of drug-likeness (QED) is 0.135. The lowest BCUT2D eigenvalue weighted by molar-refractivity contribution is -0.135. The van der Waals surface area contributed by atoms with Crippen LogP contribution in [0.3, 0.4) is 0 Å². The van der Waals surface area contributed by atoms with Crippen LogP contribution in [-0.2, 0) is 21.4 Å². The number of imide groups is 1. The number of carbonyl (C=O) groups is 4. The van der Waals surface area contributed by atoms with Gasteiger partial charge in [-0.15, -0.1) is 0 Å². The molecule has 1 aromatic heterocycles. The van der Waals surface area contributed by atoms with Crippen LogP contribution in [0.2, 0.25) is 6.55 Å². The molecule has 7 rings (SSSR count). The Morgan fingerprint density at radius 3 is 2.50 bits per heavy atom. The average Bonchev–Trinajstić information content (AvgIpc) is 3.60. The zero-order chi connectivity index (χ0) is 33.9. The monoisotopic (exact) mass is 690 g/mol. The van der Waals surface area contributed by atoms with E-state index >= 15 is 4.39 Å². The highest BCUT2D eigenvalue weighted by atomic mass is 32.2. The molecule has 249 valence electrons. The Labute approximate surface area is 280 Å². The summed E-state index contributed by atoms with van der Waals surface area (Å²) in [4.78, 5) is 62.2. The van der Waals surface area contributed by atoms with Gasteiger partial charge in [-0.2, -0.15) is 0 Å². The zero-order valence-corrected chi connectivity index (χ0v) is 28.0. The van der Waals surface area contributed by atoms with Crippen molar-refractivity contribution < 1.29 is 28.7 Å². The number of imidazole rings is 1. The third-order valence-electron chi connectivity index (χ3n) is 9.50. The number of nitrogens with one attached hydrogen (secondary N) is 3. The molecule has 1 atom stereocenters. The first-order valence-corrected chi connectivity index (χ1v) is 18.3. The number of amides is 4. The molecule has 3 saturated heterocycles. The Bertz CT molecular complexity index is 2080. The number of aryl methyl sites for hydroxylation is 1. The molecule has 0 aliphatic carbocycles. The van der Waals surface area contributed by atoms with Crippen molar-refractivity contribution in [1.82, 2.24) is 23.7 Å². The van der Waals surface area contributed by atoms with Gasteiger partial charge in [0.15, 0.2) is 5.82 Å². The minimum absolute atomic E-state index is 0.0697. The lowest BCUT2D eigenvalue weighted by atomic mass is 9.90. The molecule has 4 aromatic rings. The fourth-order valence-corrected chi connectivity index (χ4v) is 9.12. The van der Waals surface area contributed by atoms with Gasteiger partial charge in [0, 0.05) is 24.5 Å². The molecule has 4 amide bonds. The third kappa shape index (κ3) is 5.62. The fraction of sp³-hybridized carbons (Fsp3) is 0.344. The second kappa shape index (κ2) is 12.4. The maximum absolute atomic E-state index is 15.4. The summed E-state index contributed by atoms with van der Waals surface area (Å²) >= 11 is 0.916. The number of rotatable bonds is 6. The summed E-state index contributed by atoms with van der Waals surface area (Å²) in [5, 5.41) is 16.5. The van der Waals surface area contributed by atoms with Gasteiger partial charge in [0.05, 0.1) is 23.2 Å². The normalized spacial score (nSPS) is 19.4. The summed E-state index contributed by atoms with van der Waals surface area (Å²) in [6.45, 7) is 3.32. The molecule has 3 fully saturated rings. The highest BCUT2D eigenvalue weighted by molar-refractivity contribution is 7.99. The van der Waals surface area contributed by atoms with Crippen LogP contribution in [0.5, 0.6) is 5.75 Å². The molecular weight excluding hydrogens is 658 g/mol. The van der Waals surface area contributed by atoms with Gasteiger partial charge in [-0.25, -0.2) is 9.18 Å². The number of halogens is 1. The van der Waals surface area contributed by atoms with Gasteiger partial charge in [0.1, 0.15) is 24.0 Å². The molecule has 1 radical (unpaired) electrons. The Balaban J connectivity index is 1.01. The van der Waals surface area contributed by atoms with Gasteiger partial charge in [-0.3, -0.25) is 42.7 Å². The van der Waals surface area contributed by atoms with E-state index in [0.717, 1.165) is 49.1 Å². The molecule has 0 saturated carbocycles. The van der Waals surface area contributed by atoms with E-state index in [9.17, 15) is 29.1 Å². The number of hydrogen-bond donors (Lipinski definition) is 4. The Kier molecular flexibility index (Phi) is 8.25. The molecule has 4 heterocycles. The molecule has 3 aliphatic rings. The van der Waals surface area contributed by atoms with E-state index in [2.05, 4.69) is 19.9 Å². The first-order valence-electron chi connectivity index (χ1n) is 15.6. The fourth-order valence-electron chi connectivity index (χ4n) is 6.86. The van der Waals surface area contributed by atoms with Crippen molar-refractivity contribution in [3.05, 3.63) is 64.3 Å². The minimum Gasteiger partial charge on any atom is -0.506 e. The predicted molar refractivity (Wildman–Crippen MR) is 181 cm³/mol. The maximum Gasteiger partial charge on any atom is 0.329 e. The van der Waals surface area contributed by atoms with Gasteiger partial charge in [-0.1, -0.05) is 6.07 Å². The van der Waals surface area contributed by atoms with Crippen LogP contribution >= 0.6 is 12.1 Å². The Morgan fingerprint density at radius 2 is 1.79 bits per heavy atom. The van der Waals surface area contributed by atoms with Crippen LogP contribution in [0.1, 0.15) is 43.2 Å². The van der Waals surface area contributed by atoms with E-state index in [4.69, 9.17) is 0 Å². The van der Waals surface area contributed by atoms with Crippen molar-refractivity contribution >= 4 is 77.5 Å². The van der Waals surface area contributed by atoms with Crippen LogP contribution in [0, 0.1) is 5.82 Å². The van der Waals surface area contributed by atoms with Gasteiger partial charge < -0.3 is 15.0 Å². The first-order chi connectivity index (χ1) is 23.0. The van der Waals surface area contributed by atoms with Crippen LogP contribution < -0.4 is 25.4 Å². The number of carbonyl (C=O) groups excluding carboxylic acids is 4. The number of piperidine rings is 2. The molecule has 3 aliphatic heterocycles. The van der Waals surface area contributed by atoms with Crippen LogP contribution in [0.15, 0.2) is 47.3 Å². The summed E-state index contributed by atoms with van der Waals surface area (Å²) in [6.07, 6.45) is 2.12. The largest absolute Gasteiger partial charge is 0.506 e. The molecule has 16 heteroatoms. The van der Waals surface area contributed by atoms with E-state index in [-0.39, 0.29) is 65.2 Å². The number of fused-ring (bicyclic) bond motifs is 2. The number of aromatic hydroxyl groups is 1. The Morgan fingerprint density at radius 1 is 1.02 bits per heavy atom. The van der Waals surface area contributed by atoms with Crippen molar-refractivity contribution in [1.29, 1.82) is 0 Å². The van der Waals surface area contributed by atoms with Crippen LogP contribution in [0.25, 0.3) is 21.8 Å². The van der Waals surface area contributed by atoms with E-state index in [1.807, 2.05) is 24.7 Å². The maximum atomic E-state index is 15.4. The lowest BCUT2D eigenvalue weighted by Gasteiger charge is -2.34. The molecule has 1 unspecified atom stereocenters. The summed E-state index contributed by atoms with van der Waals surface area (Å²) < 4.78 is 24.5. The first kappa shape index (κ1) is 31.9. The van der Waals surface area contributed by atoms with Crippen molar-refractivity contribution in [2.75, 3.05) is 29.3 Å². The number of benzene rings is 3. The zero-order valence-electron chi connectivity index (χ0n) is 26.2. The van der Waals surface area contributed by atoms with E-state index in [1.165, 1.54) is 14.9 Å². The van der Waals surface area contributed by atoms with Gasteiger partial charge in [0.25, 0.3) is 5.91 Å². The number of phenols is 1. The molecule has 0 bridgehead atoms. The predicted octanol–water partition coefficient (Wildman–Crippen LogP) is 3.43. The van der Waals surface area contributed by atoms with Gasteiger partial charge in [0.2, 0.25) is 26.3 Å². The molecular formula is C32H33FN7O6SSi. The third-order valence-corrected chi connectivity index (χ3v) is 12.5. The summed E-state index contributed by atoms with van der Waals surface area (Å²) in [6, 6.07) is 11.4. The summed E-state index contributed by atoms with van der Waals surface area (Å²) in [5.41, 5.74) is 2.49. The van der Waals surface area contributed by atoms with Crippen LogP contribution in [-0.4, -0.2) is 70.7 Å².